The summed E-state index contributed by atoms with van der Waals surface area (Å²) in [5.41, 5.74) is 3.19. The third-order valence-corrected chi connectivity index (χ3v) is 6.21. The van der Waals surface area contributed by atoms with Crippen LogP contribution in [0.25, 0.3) is 11.3 Å². The Kier molecular flexibility index (Phi) is 7.43. The highest BCUT2D eigenvalue weighted by Gasteiger charge is 2.20. The number of anilines is 2. The van der Waals surface area contributed by atoms with Gasteiger partial charge in [0.25, 0.3) is 0 Å². The van der Waals surface area contributed by atoms with E-state index >= 15 is 0 Å². The number of amides is 2. The standard InChI is InChI=1S/C24H26FN5O2S/c1-17(31)26-20-6-8-21(9-7-20)27-23(32)14-29-10-12-30(13-11-29)15-24-28-22(16-33-24)18-2-4-19(25)5-3-18/h2-9,16H,10-15H2,1H3,(H,26,31)(H,27,32). The summed E-state index contributed by atoms with van der Waals surface area (Å²) in [6.45, 7) is 5.92. The molecule has 3 aromatic rings. The van der Waals surface area contributed by atoms with Crippen LogP contribution in [0.5, 0.6) is 0 Å². The van der Waals surface area contributed by atoms with Crippen molar-refractivity contribution in [2.24, 2.45) is 0 Å². The number of benzene rings is 2. The van der Waals surface area contributed by atoms with E-state index in [4.69, 9.17) is 4.98 Å². The van der Waals surface area contributed by atoms with Crippen molar-refractivity contribution in [2.75, 3.05) is 43.4 Å². The molecule has 2 amide bonds. The second-order valence-corrected chi connectivity index (χ2v) is 8.94. The Morgan fingerprint density at radius 2 is 1.55 bits per heavy atom. The molecule has 2 aromatic carbocycles. The Hall–Kier alpha value is -3.14. The van der Waals surface area contributed by atoms with Gasteiger partial charge in [-0.2, -0.15) is 0 Å². The molecule has 2 heterocycles. The summed E-state index contributed by atoms with van der Waals surface area (Å²) in [5, 5.41) is 8.64. The van der Waals surface area contributed by atoms with Crippen molar-refractivity contribution in [3.05, 3.63) is 64.7 Å². The number of nitrogens with zero attached hydrogens (tertiary/aromatic N) is 3. The summed E-state index contributed by atoms with van der Waals surface area (Å²) in [5.74, 6) is -0.436. The van der Waals surface area contributed by atoms with Crippen LogP contribution in [0.4, 0.5) is 15.8 Å². The number of carbonyl (C=O) groups excluding carboxylic acids is 2. The number of rotatable bonds is 7. The highest BCUT2D eigenvalue weighted by atomic mass is 32.1. The van der Waals surface area contributed by atoms with E-state index in [2.05, 4.69) is 20.4 Å². The predicted octanol–water partition coefficient (Wildman–Crippen LogP) is 3.66. The average Bonchev–Trinajstić information content (AvgIpc) is 3.25. The van der Waals surface area contributed by atoms with Gasteiger partial charge in [0.05, 0.1) is 18.8 Å². The lowest BCUT2D eigenvalue weighted by Gasteiger charge is -2.33. The van der Waals surface area contributed by atoms with Gasteiger partial charge in [-0.15, -0.1) is 11.3 Å². The summed E-state index contributed by atoms with van der Waals surface area (Å²) in [7, 11) is 0. The van der Waals surface area contributed by atoms with E-state index in [1.165, 1.54) is 19.1 Å². The number of carbonyl (C=O) groups is 2. The number of piperazine rings is 1. The number of aromatic nitrogens is 1. The first kappa shape index (κ1) is 23.0. The summed E-state index contributed by atoms with van der Waals surface area (Å²) in [6.07, 6.45) is 0. The summed E-state index contributed by atoms with van der Waals surface area (Å²) in [6, 6.07) is 13.5. The van der Waals surface area contributed by atoms with Gasteiger partial charge in [0.1, 0.15) is 10.8 Å². The molecule has 1 aliphatic heterocycles. The fourth-order valence-corrected chi connectivity index (χ4v) is 4.52. The molecule has 0 radical (unpaired) electrons. The molecule has 4 rings (SSSR count). The molecular formula is C24H26FN5O2S. The van der Waals surface area contributed by atoms with Crippen LogP contribution >= 0.6 is 11.3 Å². The van der Waals surface area contributed by atoms with Crippen LogP contribution in [-0.2, 0) is 16.1 Å². The first-order valence-electron chi connectivity index (χ1n) is 10.8. The molecule has 1 aromatic heterocycles. The van der Waals surface area contributed by atoms with Crippen molar-refractivity contribution in [1.29, 1.82) is 0 Å². The van der Waals surface area contributed by atoms with Gasteiger partial charge in [-0.05, 0) is 48.5 Å². The van der Waals surface area contributed by atoms with E-state index < -0.39 is 0 Å². The minimum atomic E-state index is -0.249. The van der Waals surface area contributed by atoms with Crippen molar-refractivity contribution >= 4 is 34.5 Å². The maximum atomic E-state index is 13.1. The van der Waals surface area contributed by atoms with Crippen LogP contribution < -0.4 is 10.6 Å². The molecule has 0 unspecified atom stereocenters. The Bertz CT molecular complexity index is 1090. The summed E-state index contributed by atoms with van der Waals surface area (Å²) < 4.78 is 13.1. The van der Waals surface area contributed by atoms with E-state index in [0.29, 0.717) is 17.9 Å². The van der Waals surface area contributed by atoms with E-state index in [1.807, 2.05) is 5.38 Å². The molecule has 33 heavy (non-hydrogen) atoms. The van der Waals surface area contributed by atoms with Gasteiger partial charge in [-0.3, -0.25) is 19.4 Å². The number of thiazole rings is 1. The molecule has 0 bridgehead atoms. The van der Waals surface area contributed by atoms with Crippen molar-refractivity contribution < 1.29 is 14.0 Å². The minimum Gasteiger partial charge on any atom is -0.326 e. The predicted molar refractivity (Wildman–Crippen MR) is 129 cm³/mol. The summed E-state index contributed by atoms with van der Waals surface area (Å²) >= 11 is 1.61. The molecular weight excluding hydrogens is 441 g/mol. The molecule has 1 saturated heterocycles. The minimum absolute atomic E-state index is 0.0559. The Labute approximate surface area is 196 Å². The van der Waals surface area contributed by atoms with Crippen LogP contribution in [0.15, 0.2) is 53.9 Å². The highest BCUT2D eigenvalue weighted by Crippen LogP contribution is 2.23. The largest absolute Gasteiger partial charge is 0.326 e. The van der Waals surface area contributed by atoms with Gasteiger partial charge in [0, 0.05) is 55.4 Å². The second kappa shape index (κ2) is 10.7. The van der Waals surface area contributed by atoms with Gasteiger partial charge in [-0.25, -0.2) is 9.37 Å². The molecule has 0 atom stereocenters. The van der Waals surface area contributed by atoms with Crippen LogP contribution in [0, 0.1) is 5.82 Å². The van der Waals surface area contributed by atoms with E-state index in [9.17, 15) is 14.0 Å². The monoisotopic (exact) mass is 467 g/mol. The second-order valence-electron chi connectivity index (χ2n) is 7.99. The normalized spacial score (nSPS) is 14.7. The van der Waals surface area contributed by atoms with Gasteiger partial charge < -0.3 is 10.6 Å². The van der Waals surface area contributed by atoms with Crippen molar-refractivity contribution in [3.63, 3.8) is 0 Å². The first-order valence-corrected chi connectivity index (χ1v) is 11.6. The Morgan fingerprint density at radius 3 is 2.18 bits per heavy atom. The van der Waals surface area contributed by atoms with Gasteiger partial charge in [0.2, 0.25) is 11.8 Å². The van der Waals surface area contributed by atoms with Crippen LogP contribution in [0.3, 0.4) is 0 Å². The first-order chi connectivity index (χ1) is 15.9. The zero-order valence-corrected chi connectivity index (χ0v) is 19.2. The quantitative estimate of drug-likeness (QED) is 0.555. The zero-order chi connectivity index (χ0) is 23.2. The molecule has 7 nitrogen and oxygen atoms in total. The van der Waals surface area contributed by atoms with E-state index in [1.54, 1.807) is 47.7 Å². The maximum Gasteiger partial charge on any atom is 0.238 e. The third kappa shape index (κ3) is 6.67. The Morgan fingerprint density at radius 1 is 0.939 bits per heavy atom. The van der Waals surface area contributed by atoms with Crippen molar-refractivity contribution in [3.8, 4) is 11.3 Å². The SMILES string of the molecule is CC(=O)Nc1ccc(NC(=O)CN2CCN(Cc3nc(-c4ccc(F)cc4)cs3)CC2)cc1. The smallest absolute Gasteiger partial charge is 0.238 e. The average molecular weight is 468 g/mol. The fraction of sp³-hybridized carbons (Fsp3) is 0.292. The summed E-state index contributed by atoms with van der Waals surface area (Å²) in [4.78, 5) is 32.7. The molecule has 0 spiro atoms. The lowest BCUT2D eigenvalue weighted by Crippen LogP contribution is -2.48. The third-order valence-electron chi connectivity index (χ3n) is 5.37. The van der Waals surface area contributed by atoms with Crippen molar-refractivity contribution in [1.82, 2.24) is 14.8 Å². The fourth-order valence-electron chi connectivity index (χ4n) is 3.68. The zero-order valence-electron chi connectivity index (χ0n) is 18.4. The topological polar surface area (TPSA) is 77.6 Å². The number of hydrogen-bond acceptors (Lipinski definition) is 6. The number of hydrogen-bond donors (Lipinski definition) is 2. The van der Waals surface area contributed by atoms with Gasteiger partial charge in [0.15, 0.2) is 0 Å². The van der Waals surface area contributed by atoms with Crippen LogP contribution in [-0.4, -0.2) is 59.3 Å². The van der Waals surface area contributed by atoms with E-state index in [0.717, 1.165) is 49.0 Å². The van der Waals surface area contributed by atoms with Gasteiger partial charge >= 0.3 is 0 Å². The van der Waals surface area contributed by atoms with Crippen molar-refractivity contribution in [2.45, 2.75) is 13.5 Å². The molecule has 9 heteroatoms. The molecule has 1 aliphatic rings. The van der Waals surface area contributed by atoms with Crippen LogP contribution in [0.2, 0.25) is 0 Å². The van der Waals surface area contributed by atoms with Gasteiger partial charge in [-0.1, -0.05) is 0 Å². The lowest BCUT2D eigenvalue weighted by molar-refractivity contribution is -0.117. The lowest BCUT2D eigenvalue weighted by atomic mass is 10.2. The highest BCUT2D eigenvalue weighted by molar-refractivity contribution is 7.09. The maximum absolute atomic E-state index is 13.1. The molecule has 0 saturated carbocycles. The molecule has 172 valence electrons. The van der Waals surface area contributed by atoms with Crippen LogP contribution in [0.1, 0.15) is 11.9 Å². The van der Waals surface area contributed by atoms with E-state index in [-0.39, 0.29) is 17.6 Å². The molecule has 1 fully saturated rings. The molecule has 2 N–H and O–H groups in total. The number of halogens is 1. The molecule has 0 aliphatic carbocycles. The Balaban J connectivity index is 1.21. The number of nitrogens with one attached hydrogen (secondary N) is 2.